The smallest absolute Gasteiger partial charge is 0.321 e. The zero-order valence-electron chi connectivity index (χ0n) is 13.9. The first-order valence-corrected chi connectivity index (χ1v) is 8.35. The summed E-state index contributed by atoms with van der Waals surface area (Å²) in [5, 5.41) is 9.32. The van der Waals surface area contributed by atoms with Crippen LogP contribution in [0.2, 0.25) is 0 Å². The molecule has 0 aliphatic carbocycles. The molecule has 132 valence electrons. The van der Waals surface area contributed by atoms with Gasteiger partial charge in [0.1, 0.15) is 0 Å². The molecule has 0 spiro atoms. The number of halogens is 1. The maximum atomic E-state index is 12.5. The average Bonchev–Trinajstić information content (AvgIpc) is 2.57. The topological polar surface area (TPSA) is 73.5 Å². The summed E-state index contributed by atoms with van der Waals surface area (Å²) in [6.45, 7) is 4.49. The van der Waals surface area contributed by atoms with E-state index >= 15 is 0 Å². The number of hydrogen-bond donors (Lipinski definition) is 3. The first kappa shape index (κ1) is 18.5. The van der Waals surface area contributed by atoms with Crippen molar-refractivity contribution in [3.8, 4) is 0 Å². The number of benzene rings is 1. The third-order valence-electron chi connectivity index (χ3n) is 4.58. The van der Waals surface area contributed by atoms with E-state index in [1.807, 2.05) is 12.1 Å². The second kappa shape index (κ2) is 8.35. The van der Waals surface area contributed by atoms with Crippen molar-refractivity contribution in [1.29, 1.82) is 0 Å². The number of nitrogens with one attached hydrogen (secondary N) is 3. The van der Waals surface area contributed by atoms with Gasteiger partial charge in [0.2, 0.25) is 0 Å². The summed E-state index contributed by atoms with van der Waals surface area (Å²) in [7, 11) is 0. The van der Waals surface area contributed by atoms with Crippen LogP contribution in [0.25, 0.3) is 0 Å². The maximum Gasteiger partial charge on any atom is 0.321 e. The molecule has 2 fully saturated rings. The third kappa shape index (κ3) is 4.19. The van der Waals surface area contributed by atoms with E-state index in [0.717, 1.165) is 31.5 Å². The van der Waals surface area contributed by atoms with Gasteiger partial charge in [-0.05, 0) is 50.9 Å². The average molecular weight is 353 g/mol. The minimum atomic E-state index is -0.0982. The zero-order chi connectivity index (χ0) is 16.2. The fraction of sp³-hybridized carbons (Fsp3) is 0.529. The van der Waals surface area contributed by atoms with Crippen molar-refractivity contribution < 1.29 is 9.59 Å². The maximum absolute atomic E-state index is 12.5. The van der Waals surface area contributed by atoms with Crippen molar-refractivity contribution in [3.05, 3.63) is 29.8 Å². The number of nitrogens with zero attached hydrogens (tertiary/aromatic N) is 1. The van der Waals surface area contributed by atoms with Gasteiger partial charge in [-0.15, -0.1) is 12.4 Å². The van der Waals surface area contributed by atoms with Crippen LogP contribution in [0.4, 0.5) is 10.5 Å². The predicted molar refractivity (Wildman–Crippen MR) is 97.0 cm³/mol. The van der Waals surface area contributed by atoms with E-state index in [2.05, 4.69) is 22.9 Å². The molecule has 0 bridgehead atoms. The van der Waals surface area contributed by atoms with Crippen LogP contribution in [-0.4, -0.2) is 43.7 Å². The predicted octanol–water partition coefficient (Wildman–Crippen LogP) is 1.90. The van der Waals surface area contributed by atoms with Crippen molar-refractivity contribution in [2.24, 2.45) is 0 Å². The molecule has 1 aromatic carbocycles. The van der Waals surface area contributed by atoms with Crippen LogP contribution < -0.4 is 20.9 Å². The molecule has 24 heavy (non-hydrogen) atoms. The highest BCUT2D eigenvalue weighted by Crippen LogP contribution is 2.19. The van der Waals surface area contributed by atoms with E-state index in [9.17, 15) is 9.59 Å². The number of amides is 3. The van der Waals surface area contributed by atoms with E-state index in [1.54, 1.807) is 17.0 Å². The number of urea groups is 1. The van der Waals surface area contributed by atoms with Crippen LogP contribution in [0.5, 0.6) is 0 Å². The van der Waals surface area contributed by atoms with Gasteiger partial charge in [0, 0.05) is 36.4 Å². The number of rotatable bonds is 3. The summed E-state index contributed by atoms with van der Waals surface area (Å²) < 4.78 is 0. The van der Waals surface area contributed by atoms with Crippen LogP contribution in [0.15, 0.2) is 24.3 Å². The molecule has 0 aromatic heterocycles. The first-order chi connectivity index (χ1) is 11.1. The fourth-order valence-corrected chi connectivity index (χ4v) is 3.18. The molecule has 3 amide bonds. The summed E-state index contributed by atoms with van der Waals surface area (Å²) in [6.07, 6.45) is 2.98. The summed E-state index contributed by atoms with van der Waals surface area (Å²) in [5.41, 5.74) is 1.36. The van der Waals surface area contributed by atoms with E-state index in [4.69, 9.17) is 0 Å². The molecule has 0 radical (unpaired) electrons. The van der Waals surface area contributed by atoms with Gasteiger partial charge in [0.15, 0.2) is 0 Å². The van der Waals surface area contributed by atoms with Crippen LogP contribution in [-0.2, 0) is 0 Å². The normalized spacial score (nSPS) is 23.9. The molecule has 2 heterocycles. The molecule has 2 aliphatic rings. The first-order valence-electron chi connectivity index (χ1n) is 8.35. The minimum absolute atomic E-state index is 0. The zero-order valence-corrected chi connectivity index (χ0v) is 14.7. The number of carbonyl (C=O) groups is 2. The Morgan fingerprint density at radius 1 is 1.29 bits per heavy atom. The van der Waals surface area contributed by atoms with E-state index in [0.29, 0.717) is 18.7 Å². The van der Waals surface area contributed by atoms with Gasteiger partial charge >= 0.3 is 6.03 Å². The van der Waals surface area contributed by atoms with Gasteiger partial charge in [-0.1, -0.05) is 6.07 Å². The van der Waals surface area contributed by atoms with Crippen LogP contribution >= 0.6 is 12.4 Å². The number of piperidine rings is 1. The minimum Gasteiger partial charge on any atom is -0.348 e. The van der Waals surface area contributed by atoms with Gasteiger partial charge in [-0.25, -0.2) is 4.79 Å². The van der Waals surface area contributed by atoms with Crippen LogP contribution in [0.1, 0.15) is 36.5 Å². The lowest BCUT2D eigenvalue weighted by Crippen LogP contribution is -2.52. The molecular formula is C17H25ClN4O2. The Kier molecular flexibility index (Phi) is 6.45. The number of anilines is 1. The Labute approximate surface area is 148 Å². The molecule has 0 saturated carbocycles. The van der Waals surface area contributed by atoms with E-state index in [-0.39, 0.29) is 36.4 Å². The quantitative estimate of drug-likeness (QED) is 0.778. The Hall–Kier alpha value is -1.79. The molecule has 1 aromatic rings. The van der Waals surface area contributed by atoms with Crippen molar-refractivity contribution in [1.82, 2.24) is 16.0 Å². The lowest BCUT2D eigenvalue weighted by molar-refractivity contribution is 0.0920. The standard InChI is InChI=1S/C17H24N4O2.ClH/c1-12-15(7-3-8-18-12)20-16(22)13-5-2-6-14(11-13)21-10-4-9-19-17(21)23;/h2,5-6,11-12,15,18H,3-4,7-10H2,1H3,(H,19,23)(H,20,22);1H. The Bertz CT molecular complexity index is 596. The summed E-state index contributed by atoms with van der Waals surface area (Å²) >= 11 is 0. The van der Waals surface area contributed by atoms with Gasteiger partial charge in [-0.3, -0.25) is 9.69 Å². The number of carbonyl (C=O) groups excluding carboxylic acids is 2. The van der Waals surface area contributed by atoms with Gasteiger partial charge in [-0.2, -0.15) is 0 Å². The Morgan fingerprint density at radius 2 is 2.12 bits per heavy atom. The van der Waals surface area contributed by atoms with Crippen molar-refractivity contribution in [2.45, 2.75) is 38.3 Å². The second-order valence-electron chi connectivity index (χ2n) is 6.25. The highest BCUT2D eigenvalue weighted by atomic mass is 35.5. The molecule has 2 unspecified atom stereocenters. The molecule has 7 heteroatoms. The summed E-state index contributed by atoms with van der Waals surface area (Å²) in [4.78, 5) is 26.1. The Morgan fingerprint density at radius 3 is 2.88 bits per heavy atom. The molecule has 6 nitrogen and oxygen atoms in total. The van der Waals surface area contributed by atoms with Gasteiger partial charge < -0.3 is 16.0 Å². The summed E-state index contributed by atoms with van der Waals surface area (Å²) in [6, 6.07) is 7.62. The van der Waals surface area contributed by atoms with E-state index in [1.165, 1.54) is 0 Å². The molecule has 2 saturated heterocycles. The lowest BCUT2D eigenvalue weighted by Gasteiger charge is -2.31. The van der Waals surface area contributed by atoms with Crippen molar-refractivity contribution in [3.63, 3.8) is 0 Å². The largest absolute Gasteiger partial charge is 0.348 e. The summed E-state index contributed by atoms with van der Waals surface area (Å²) in [5.74, 6) is -0.0789. The lowest BCUT2D eigenvalue weighted by atomic mass is 9.99. The fourth-order valence-electron chi connectivity index (χ4n) is 3.18. The molecule has 2 atom stereocenters. The molecule has 3 rings (SSSR count). The SMILES string of the molecule is CC1NCCCC1NC(=O)c1cccc(N2CCCNC2=O)c1.Cl. The van der Waals surface area contributed by atoms with Gasteiger partial charge in [0.25, 0.3) is 5.91 Å². The van der Waals surface area contributed by atoms with Crippen LogP contribution in [0.3, 0.4) is 0 Å². The van der Waals surface area contributed by atoms with E-state index < -0.39 is 0 Å². The van der Waals surface area contributed by atoms with Crippen molar-refractivity contribution >= 4 is 30.0 Å². The number of hydrogen-bond acceptors (Lipinski definition) is 3. The second-order valence-corrected chi connectivity index (χ2v) is 6.25. The highest BCUT2D eigenvalue weighted by Gasteiger charge is 2.24. The third-order valence-corrected chi connectivity index (χ3v) is 4.58. The van der Waals surface area contributed by atoms with Gasteiger partial charge in [0.05, 0.1) is 0 Å². The monoisotopic (exact) mass is 352 g/mol. The molecule has 3 N–H and O–H groups in total. The van der Waals surface area contributed by atoms with Crippen molar-refractivity contribution in [2.75, 3.05) is 24.5 Å². The van der Waals surface area contributed by atoms with Crippen LogP contribution in [0, 0.1) is 0 Å². The molecule has 2 aliphatic heterocycles. The Balaban J connectivity index is 0.00000208. The molecular weight excluding hydrogens is 328 g/mol. The highest BCUT2D eigenvalue weighted by molar-refractivity contribution is 5.98.